The van der Waals surface area contributed by atoms with Gasteiger partial charge < -0.3 is 10.2 Å². The second kappa shape index (κ2) is 6.81. The maximum absolute atomic E-state index is 4.82. The zero-order chi connectivity index (χ0) is 14.7. The molecular weight excluding hydrogens is 266 g/mol. The Hall–Kier alpha value is -0.740. The highest BCUT2D eigenvalue weighted by molar-refractivity contribution is 8.00. The molecule has 1 saturated heterocycles. The van der Waals surface area contributed by atoms with Gasteiger partial charge in [0.05, 0.1) is 0 Å². The molecule has 1 aliphatic heterocycles. The molecule has 0 amide bonds. The molecule has 0 saturated carbocycles. The van der Waals surface area contributed by atoms with E-state index in [1.165, 1.54) is 5.56 Å². The van der Waals surface area contributed by atoms with E-state index in [-0.39, 0.29) is 0 Å². The van der Waals surface area contributed by atoms with E-state index in [0.29, 0.717) is 16.5 Å². The van der Waals surface area contributed by atoms with Gasteiger partial charge in [0.25, 0.3) is 0 Å². The number of pyridine rings is 1. The van der Waals surface area contributed by atoms with Crippen molar-refractivity contribution in [2.45, 2.75) is 57.7 Å². The summed E-state index contributed by atoms with van der Waals surface area (Å²) in [5.74, 6) is 1.13. The number of hydrogen-bond donors (Lipinski definition) is 1. The number of hydrogen-bond acceptors (Lipinski definition) is 4. The zero-order valence-electron chi connectivity index (χ0n) is 13.3. The van der Waals surface area contributed by atoms with Gasteiger partial charge >= 0.3 is 0 Å². The topological polar surface area (TPSA) is 28.2 Å². The molecule has 1 fully saturated rings. The van der Waals surface area contributed by atoms with Gasteiger partial charge in [0.15, 0.2) is 0 Å². The van der Waals surface area contributed by atoms with Crippen LogP contribution in [-0.2, 0) is 6.54 Å². The van der Waals surface area contributed by atoms with Crippen LogP contribution in [0.15, 0.2) is 12.1 Å². The van der Waals surface area contributed by atoms with Crippen molar-refractivity contribution in [2.24, 2.45) is 0 Å². The summed E-state index contributed by atoms with van der Waals surface area (Å²) in [7, 11) is 0. The molecule has 3 nitrogen and oxygen atoms in total. The van der Waals surface area contributed by atoms with Gasteiger partial charge in [-0.1, -0.05) is 33.8 Å². The molecule has 1 aromatic rings. The SMILES string of the molecule is Cc1nc(N2CC(C)SC(C)C2)ccc1CNC(C)C. The number of anilines is 1. The van der Waals surface area contributed by atoms with Crippen LogP contribution in [0.4, 0.5) is 5.82 Å². The lowest BCUT2D eigenvalue weighted by molar-refractivity contribution is 0.586. The standard InChI is InChI=1S/C16H27N3S/c1-11(2)17-8-15-6-7-16(18-14(15)5)19-9-12(3)20-13(4)10-19/h6-7,11-13,17H,8-10H2,1-5H3. The van der Waals surface area contributed by atoms with Crippen LogP contribution in [0.2, 0.25) is 0 Å². The molecule has 112 valence electrons. The summed E-state index contributed by atoms with van der Waals surface area (Å²) in [5.41, 5.74) is 2.45. The number of thioether (sulfide) groups is 1. The monoisotopic (exact) mass is 293 g/mol. The molecule has 0 radical (unpaired) electrons. The molecule has 2 heterocycles. The van der Waals surface area contributed by atoms with Crippen molar-refractivity contribution in [1.29, 1.82) is 0 Å². The second-order valence-electron chi connectivity index (χ2n) is 6.11. The Bertz CT molecular complexity index is 437. The Morgan fingerprint density at radius 3 is 2.50 bits per heavy atom. The van der Waals surface area contributed by atoms with E-state index in [0.717, 1.165) is 31.1 Å². The molecule has 0 spiro atoms. The van der Waals surface area contributed by atoms with Crippen molar-refractivity contribution in [3.8, 4) is 0 Å². The minimum absolute atomic E-state index is 0.509. The molecule has 1 aromatic heterocycles. The van der Waals surface area contributed by atoms with Crippen LogP contribution in [-0.4, -0.2) is 34.6 Å². The highest BCUT2D eigenvalue weighted by Gasteiger charge is 2.23. The number of aromatic nitrogens is 1. The number of rotatable bonds is 4. The molecule has 4 heteroatoms. The maximum Gasteiger partial charge on any atom is 0.128 e. The van der Waals surface area contributed by atoms with Crippen molar-refractivity contribution < 1.29 is 0 Å². The Kier molecular flexibility index (Phi) is 5.33. The highest BCUT2D eigenvalue weighted by Crippen LogP contribution is 2.28. The van der Waals surface area contributed by atoms with Crippen molar-refractivity contribution in [2.75, 3.05) is 18.0 Å². The van der Waals surface area contributed by atoms with E-state index < -0.39 is 0 Å². The van der Waals surface area contributed by atoms with Crippen molar-refractivity contribution in [1.82, 2.24) is 10.3 Å². The molecule has 0 bridgehead atoms. The second-order valence-corrected chi connectivity index (χ2v) is 7.99. The highest BCUT2D eigenvalue weighted by atomic mass is 32.2. The molecule has 2 rings (SSSR count). The van der Waals surface area contributed by atoms with Gasteiger partial charge in [-0.25, -0.2) is 4.98 Å². The Balaban J connectivity index is 2.08. The van der Waals surface area contributed by atoms with Gasteiger partial charge in [0, 0.05) is 41.9 Å². The zero-order valence-corrected chi connectivity index (χ0v) is 14.1. The van der Waals surface area contributed by atoms with Gasteiger partial charge in [0.2, 0.25) is 0 Å². The first-order valence-electron chi connectivity index (χ1n) is 7.56. The molecular formula is C16H27N3S. The van der Waals surface area contributed by atoms with Crippen LogP contribution in [0, 0.1) is 6.92 Å². The number of nitrogens with zero attached hydrogens (tertiary/aromatic N) is 2. The Labute approximate surface area is 127 Å². The summed E-state index contributed by atoms with van der Waals surface area (Å²) < 4.78 is 0. The summed E-state index contributed by atoms with van der Waals surface area (Å²) in [6.07, 6.45) is 0. The normalized spacial score (nSPS) is 23.4. The predicted octanol–water partition coefficient (Wildman–Crippen LogP) is 3.22. The molecule has 2 unspecified atom stereocenters. The summed E-state index contributed by atoms with van der Waals surface area (Å²) in [4.78, 5) is 7.25. The number of aryl methyl sites for hydroxylation is 1. The predicted molar refractivity (Wildman–Crippen MR) is 89.7 cm³/mol. The van der Waals surface area contributed by atoms with Crippen molar-refractivity contribution in [3.05, 3.63) is 23.4 Å². The first-order valence-corrected chi connectivity index (χ1v) is 8.50. The quantitative estimate of drug-likeness (QED) is 0.922. The third kappa shape index (κ3) is 4.13. The summed E-state index contributed by atoms with van der Waals surface area (Å²) in [6.45, 7) is 14.2. The van der Waals surface area contributed by atoms with E-state index in [1.807, 2.05) is 0 Å². The van der Waals surface area contributed by atoms with Gasteiger partial charge in [-0.2, -0.15) is 11.8 Å². The van der Waals surface area contributed by atoms with E-state index in [9.17, 15) is 0 Å². The smallest absolute Gasteiger partial charge is 0.128 e. The first kappa shape index (κ1) is 15.6. The van der Waals surface area contributed by atoms with Gasteiger partial charge in [-0.3, -0.25) is 0 Å². The molecule has 1 aliphatic rings. The van der Waals surface area contributed by atoms with Crippen LogP contribution < -0.4 is 10.2 Å². The van der Waals surface area contributed by atoms with Crippen molar-refractivity contribution in [3.63, 3.8) is 0 Å². The lowest BCUT2D eigenvalue weighted by atomic mass is 10.2. The lowest BCUT2D eigenvalue weighted by Crippen LogP contribution is -2.41. The van der Waals surface area contributed by atoms with Gasteiger partial charge in [-0.05, 0) is 18.6 Å². The Morgan fingerprint density at radius 2 is 1.95 bits per heavy atom. The van der Waals surface area contributed by atoms with E-state index in [1.54, 1.807) is 0 Å². The van der Waals surface area contributed by atoms with Crippen LogP contribution in [0.3, 0.4) is 0 Å². The van der Waals surface area contributed by atoms with E-state index >= 15 is 0 Å². The minimum Gasteiger partial charge on any atom is -0.354 e. The Morgan fingerprint density at radius 1 is 1.30 bits per heavy atom. The average molecular weight is 293 g/mol. The van der Waals surface area contributed by atoms with Gasteiger partial charge in [-0.15, -0.1) is 0 Å². The third-order valence-electron chi connectivity index (χ3n) is 3.62. The molecule has 0 aliphatic carbocycles. The lowest BCUT2D eigenvalue weighted by Gasteiger charge is -2.35. The van der Waals surface area contributed by atoms with E-state index in [2.05, 4.69) is 68.7 Å². The largest absolute Gasteiger partial charge is 0.354 e. The summed E-state index contributed by atoms with van der Waals surface area (Å²) in [5, 5.41) is 4.83. The molecule has 2 atom stereocenters. The molecule has 1 N–H and O–H groups in total. The maximum atomic E-state index is 4.82. The molecule has 20 heavy (non-hydrogen) atoms. The van der Waals surface area contributed by atoms with Crippen LogP contribution in [0.25, 0.3) is 0 Å². The summed E-state index contributed by atoms with van der Waals surface area (Å²) >= 11 is 2.08. The summed E-state index contributed by atoms with van der Waals surface area (Å²) in [6, 6.07) is 4.92. The number of nitrogens with one attached hydrogen (secondary N) is 1. The van der Waals surface area contributed by atoms with E-state index in [4.69, 9.17) is 4.98 Å². The molecule has 0 aromatic carbocycles. The van der Waals surface area contributed by atoms with Crippen LogP contribution in [0.5, 0.6) is 0 Å². The third-order valence-corrected chi connectivity index (χ3v) is 4.85. The van der Waals surface area contributed by atoms with Crippen LogP contribution >= 0.6 is 11.8 Å². The van der Waals surface area contributed by atoms with Crippen molar-refractivity contribution >= 4 is 17.6 Å². The fourth-order valence-corrected chi connectivity index (χ4v) is 3.94. The minimum atomic E-state index is 0.509. The average Bonchev–Trinajstić information content (AvgIpc) is 2.35. The van der Waals surface area contributed by atoms with Crippen LogP contribution in [0.1, 0.15) is 39.0 Å². The van der Waals surface area contributed by atoms with Gasteiger partial charge in [0.1, 0.15) is 5.82 Å². The fourth-order valence-electron chi connectivity index (χ4n) is 2.62. The fraction of sp³-hybridized carbons (Fsp3) is 0.688. The first-order chi connectivity index (χ1) is 9.45.